The molecule has 0 amide bonds. The standard InChI is InChI=1S/C80H114N2O3S/c1-7-13-19-25-29-31-35-39-44-57(43-37-33-27-21-15-9-3)55-81-77(83)65-51-61-50-60(48-42-24-18-12-6)64-54-68-72-66(79(85)82(80(68)86)56-58(45-38-34-28-22-16-10-4)46-40-36-32-30-26-20-14-8-2)52-62-49-59(47-41-23-17-11-5)63-53-67(78(81)84)71(65)75-69(61)74(64)76(72)70(62)73(63)75/h49-54,57-58H,7-48,55-56H2,1-6H3. The fourth-order valence-electron chi connectivity index (χ4n) is 16.0. The van der Waals surface area contributed by atoms with Crippen molar-refractivity contribution in [3.8, 4) is 0 Å². The van der Waals surface area contributed by atoms with Gasteiger partial charge in [-0.1, -0.05) is 284 Å². The number of hydrogen-bond acceptors (Lipinski definition) is 4. The van der Waals surface area contributed by atoms with Crippen LogP contribution in [0.15, 0.2) is 50.8 Å². The molecule has 6 heteroatoms. The van der Waals surface area contributed by atoms with E-state index in [1.54, 1.807) is 4.57 Å². The fourth-order valence-corrected chi connectivity index (χ4v) is 16.4. The van der Waals surface area contributed by atoms with Crippen molar-refractivity contribution in [2.75, 3.05) is 0 Å². The molecule has 0 spiro atoms. The summed E-state index contributed by atoms with van der Waals surface area (Å²) in [7, 11) is 0. The van der Waals surface area contributed by atoms with E-state index in [0.29, 0.717) is 34.4 Å². The van der Waals surface area contributed by atoms with Crippen molar-refractivity contribution < 1.29 is 0 Å². The highest BCUT2D eigenvalue weighted by molar-refractivity contribution is 7.71. The predicted octanol–water partition coefficient (Wildman–Crippen LogP) is 24.6. The topological polar surface area (TPSA) is 61.1 Å². The van der Waals surface area contributed by atoms with E-state index in [9.17, 15) is 0 Å². The van der Waals surface area contributed by atoms with E-state index < -0.39 is 0 Å². The zero-order valence-corrected chi connectivity index (χ0v) is 56.1. The molecule has 9 aromatic rings. The van der Waals surface area contributed by atoms with Crippen molar-refractivity contribution in [2.45, 2.75) is 324 Å². The van der Waals surface area contributed by atoms with Gasteiger partial charge in [-0.2, -0.15) is 0 Å². The molecule has 2 aromatic heterocycles. The molecule has 0 bridgehead atoms. The summed E-state index contributed by atoms with van der Waals surface area (Å²) in [5.74, 6) is 0.684. The van der Waals surface area contributed by atoms with Crippen LogP contribution in [-0.2, 0) is 25.9 Å². The molecule has 0 aliphatic carbocycles. The lowest BCUT2D eigenvalue weighted by atomic mass is 9.77. The van der Waals surface area contributed by atoms with Gasteiger partial charge in [-0.15, -0.1) is 0 Å². The van der Waals surface area contributed by atoms with Gasteiger partial charge in [0.05, 0.1) is 0 Å². The molecule has 2 heterocycles. The maximum Gasteiger partial charge on any atom is 0.261 e. The van der Waals surface area contributed by atoms with Gasteiger partial charge in [-0.25, -0.2) is 0 Å². The summed E-state index contributed by atoms with van der Waals surface area (Å²) in [4.78, 5) is 47.2. The second-order valence-electron chi connectivity index (χ2n) is 27.7. The van der Waals surface area contributed by atoms with Gasteiger partial charge in [-0.3, -0.25) is 23.5 Å². The molecule has 9 rings (SSSR count). The average molecular weight is 1180 g/mol. The number of aryl methyl sites for hydroxylation is 2. The Morgan fingerprint density at radius 2 is 0.581 bits per heavy atom. The maximum atomic E-state index is 15.8. The molecule has 86 heavy (non-hydrogen) atoms. The summed E-state index contributed by atoms with van der Waals surface area (Å²) >= 11 is 6.74. The van der Waals surface area contributed by atoms with E-state index in [1.807, 2.05) is 0 Å². The molecule has 468 valence electrons. The van der Waals surface area contributed by atoms with E-state index in [4.69, 9.17) is 12.2 Å². The Kier molecular flexibility index (Phi) is 25.6. The molecule has 7 aromatic carbocycles. The van der Waals surface area contributed by atoms with Crippen LogP contribution in [0.3, 0.4) is 0 Å². The van der Waals surface area contributed by atoms with Gasteiger partial charge in [0.15, 0.2) is 0 Å². The molecular formula is C80H114N2O3S. The Bertz CT molecular complexity index is 3470. The largest absolute Gasteiger partial charge is 0.298 e. The van der Waals surface area contributed by atoms with Crippen molar-refractivity contribution in [1.82, 2.24) is 9.13 Å². The monoisotopic (exact) mass is 1180 g/mol. The van der Waals surface area contributed by atoms with Crippen LogP contribution in [0.25, 0.3) is 86.2 Å². The minimum atomic E-state index is -0.117. The summed E-state index contributed by atoms with van der Waals surface area (Å²) < 4.78 is 4.46. The molecule has 0 saturated heterocycles. The first-order valence-corrected chi connectivity index (χ1v) is 37.1. The quantitative estimate of drug-likeness (QED) is 0.0165. The summed E-state index contributed by atoms with van der Waals surface area (Å²) in [6.07, 6.45) is 51.1. The molecule has 2 atom stereocenters. The van der Waals surface area contributed by atoms with Crippen LogP contribution in [0.1, 0.15) is 310 Å². The predicted molar refractivity (Wildman–Crippen MR) is 381 cm³/mol. The van der Waals surface area contributed by atoms with E-state index in [2.05, 4.69) is 82.5 Å². The van der Waals surface area contributed by atoms with Gasteiger partial charge in [-0.05, 0) is 142 Å². The van der Waals surface area contributed by atoms with Crippen LogP contribution in [0.5, 0.6) is 0 Å². The Hall–Kier alpha value is -4.42. The van der Waals surface area contributed by atoms with Crippen LogP contribution >= 0.6 is 12.2 Å². The van der Waals surface area contributed by atoms with E-state index >= 15 is 14.4 Å². The van der Waals surface area contributed by atoms with Crippen molar-refractivity contribution in [3.05, 3.63) is 83.2 Å². The van der Waals surface area contributed by atoms with Gasteiger partial charge in [0.1, 0.15) is 4.64 Å². The number of nitrogens with zero attached hydrogens (tertiary/aromatic N) is 2. The van der Waals surface area contributed by atoms with Gasteiger partial charge in [0.2, 0.25) is 0 Å². The number of benzene rings is 7. The van der Waals surface area contributed by atoms with E-state index in [1.165, 1.54) is 219 Å². The van der Waals surface area contributed by atoms with Crippen molar-refractivity contribution in [3.63, 3.8) is 0 Å². The van der Waals surface area contributed by atoms with E-state index in [0.717, 1.165) is 137 Å². The van der Waals surface area contributed by atoms with Crippen LogP contribution < -0.4 is 16.7 Å². The van der Waals surface area contributed by atoms with Gasteiger partial charge in [0, 0.05) is 56.2 Å². The second kappa shape index (κ2) is 33.4. The summed E-state index contributed by atoms with van der Waals surface area (Å²) in [6, 6.07) is 13.9. The molecule has 0 radical (unpaired) electrons. The van der Waals surface area contributed by atoms with Crippen LogP contribution in [0.2, 0.25) is 0 Å². The number of pyridine rings is 2. The summed E-state index contributed by atoms with van der Waals surface area (Å²) in [5.41, 5.74) is 2.39. The third-order valence-corrected chi connectivity index (χ3v) is 21.4. The van der Waals surface area contributed by atoms with E-state index in [-0.39, 0.29) is 22.6 Å². The smallest absolute Gasteiger partial charge is 0.261 e. The Balaban J connectivity index is 1.22. The third kappa shape index (κ3) is 15.2. The summed E-state index contributed by atoms with van der Waals surface area (Å²) in [5, 5.41) is 16.6. The number of rotatable bonds is 46. The number of unbranched alkanes of at least 4 members (excludes halogenated alkanes) is 30. The van der Waals surface area contributed by atoms with Gasteiger partial charge >= 0.3 is 0 Å². The second-order valence-corrected chi connectivity index (χ2v) is 28.1. The minimum absolute atomic E-state index is 0.0636. The zero-order chi connectivity index (χ0) is 60.4. The normalized spacial score (nSPS) is 13.3. The van der Waals surface area contributed by atoms with Crippen molar-refractivity contribution >= 4 is 98.4 Å². The highest BCUT2D eigenvalue weighted by Gasteiger charge is 2.30. The highest BCUT2D eigenvalue weighted by atomic mass is 32.1. The molecule has 0 aliphatic rings. The zero-order valence-electron chi connectivity index (χ0n) is 55.3. The molecular weight excluding hydrogens is 1070 g/mol. The molecule has 0 N–H and O–H groups in total. The Labute approximate surface area is 523 Å². The SMILES string of the molecule is CCCCCCCCCCC(CCCCCCCC)Cn1c(=O)c2cc3cc(CCCCCC)c4cc5c(=S)n(CC(CCCCCCCC)CCCCCCCCCC)c(=O)c6cc7cc(CCCCCC)c8cc(c1=O)c2c1c3c4c(c65)c7c81. The molecule has 0 fully saturated rings. The molecule has 0 saturated carbocycles. The number of hydrogen-bond donors (Lipinski definition) is 0. The Morgan fingerprint density at radius 1 is 0.291 bits per heavy atom. The van der Waals surface area contributed by atoms with Crippen molar-refractivity contribution in [1.29, 1.82) is 0 Å². The summed E-state index contributed by atoms with van der Waals surface area (Å²) in [6.45, 7) is 14.9. The lowest BCUT2D eigenvalue weighted by molar-refractivity contribution is 0.350. The van der Waals surface area contributed by atoms with Crippen molar-refractivity contribution in [2.24, 2.45) is 11.8 Å². The maximum absolute atomic E-state index is 15.8. The Morgan fingerprint density at radius 3 is 0.953 bits per heavy atom. The van der Waals surface area contributed by atoms with Crippen LogP contribution in [0, 0.1) is 16.5 Å². The first kappa shape index (κ1) is 66.0. The minimum Gasteiger partial charge on any atom is -0.298 e. The molecule has 2 unspecified atom stereocenters. The fraction of sp³-hybridized carbons (Fsp3) is 0.650. The molecule has 5 nitrogen and oxygen atoms in total. The lowest BCUT2D eigenvalue weighted by Crippen LogP contribution is -2.35. The molecule has 0 aliphatic heterocycles. The van der Waals surface area contributed by atoms with Crippen LogP contribution in [0.4, 0.5) is 0 Å². The average Bonchev–Trinajstić information content (AvgIpc) is 0.667. The third-order valence-electron chi connectivity index (χ3n) is 21.0. The first-order valence-electron chi connectivity index (χ1n) is 36.7. The van der Waals surface area contributed by atoms with Crippen LogP contribution in [-0.4, -0.2) is 9.13 Å². The highest BCUT2D eigenvalue weighted by Crippen LogP contribution is 2.53. The number of aromatic nitrogens is 2. The lowest BCUT2D eigenvalue weighted by Gasteiger charge is -2.27. The van der Waals surface area contributed by atoms with Gasteiger partial charge in [0.25, 0.3) is 16.7 Å². The first-order chi connectivity index (χ1) is 42.2. The van der Waals surface area contributed by atoms with Gasteiger partial charge < -0.3 is 0 Å².